The van der Waals surface area contributed by atoms with Crippen molar-refractivity contribution < 1.29 is 9.53 Å². The van der Waals surface area contributed by atoms with Gasteiger partial charge in [-0.25, -0.2) is 4.98 Å². The molecule has 1 N–H and O–H groups in total. The standard InChI is InChI=1S/C16H13BrN2O2S/c1-21-10-6-7-12(17)11(8-10)16(20)18-9-15-19-13-4-2-3-5-14(13)22-15/h2-8H,9H2,1H3,(H,18,20). The Balaban J connectivity index is 1.74. The Morgan fingerprint density at radius 3 is 2.91 bits per heavy atom. The number of rotatable bonds is 4. The van der Waals surface area contributed by atoms with Crippen LogP contribution in [0, 0.1) is 0 Å². The van der Waals surface area contributed by atoms with Crippen LogP contribution in [0.5, 0.6) is 5.75 Å². The normalized spacial score (nSPS) is 10.6. The van der Waals surface area contributed by atoms with Crippen molar-refractivity contribution in [2.75, 3.05) is 7.11 Å². The zero-order valence-electron chi connectivity index (χ0n) is 11.8. The van der Waals surface area contributed by atoms with Crippen LogP contribution in [0.25, 0.3) is 10.2 Å². The van der Waals surface area contributed by atoms with E-state index in [9.17, 15) is 4.79 Å². The highest BCUT2D eigenvalue weighted by atomic mass is 79.9. The van der Waals surface area contributed by atoms with E-state index in [2.05, 4.69) is 26.2 Å². The average molecular weight is 377 g/mol. The summed E-state index contributed by atoms with van der Waals surface area (Å²) >= 11 is 4.97. The van der Waals surface area contributed by atoms with E-state index in [-0.39, 0.29) is 5.91 Å². The van der Waals surface area contributed by atoms with Gasteiger partial charge in [-0.15, -0.1) is 11.3 Å². The van der Waals surface area contributed by atoms with E-state index < -0.39 is 0 Å². The maximum atomic E-state index is 12.3. The molecule has 0 bridgehead atoms. The molecule has 0 radical (unpaired) electrons. The van der Waals surface area contributed by atoms with Gasteiger partial charge in [-0.05, 0) is 46.3 Å². The van der Waals surface area contributed by atoms with E-state index in [4.69, 9.17) is 4.74 Å². The summed E-state index contributed by atoms with van der Waals surface area (Å²) in [7, 11) is 1.58. The third-order valence-corrected chi connectivity index (χ3v) is 4.88. The number of methoxy groups -OCH3 is 1. The molecule has 0 unspecified atom stereocenters. The van der Waals surface area contributed by atoms with Crippen LogP contribution in [0.3, 0.4) is 0 Å². The summed E-state index contributed by atoms with van der Waals surface area (Å²) in [5, 5.41) is 3.77. The molecule has 4 nitrogen and oxygen atoms in total. The van der Waals surface area contributed by atoms with Gasteiger partial charge in [0.15, 0.2) is 0 Å². The van der Waals surface area contributed by atoms with Crippen molar-refractivity contribution in [1.29, 1.82) is 0 Å². The lowest BCUT2D eigenvalue weighted by Gasteiger charge is -2.07. The summed E-state index contributed by atoms with van der Waals surface area (Å²) in [6.45, 7) is 0.405. The molecule has 0 fully saturated rings. The number of hydrogen-bond donors (Lipinski definition) is 1. The van der Waals surface area contributed by atoms with Crippen LogP contribution in [0.2, 0.25) is 0 Å². The fraction of sp³-hybridized carbons (Fsp3) is 0.125. The SMILES string of the molecule is COc1ccc(Br)c(C(=O)NCc2nc3ccccc3s2)c1. The first-order valence-electron chi connectivity index (χ1n) is 6.63. The van der Waals surface area contributed by atoms with Gasteiger partial charge in [0.2, 0.25) is 0 Å². The Labute approximate surface area is 140 Å². The fourth-order valence-electron chi connectivity index (χ4n) is 2.05. The van der Waals surface area contributed by atoms with Gasteiger partial charge in [0.1, 0.15) is 10.8 Å². The van der Waals surface area contributed by atoms with Gasteiger partial charge in [0, 0.05) is 4.47 Å². The smallest absolute Gasteiger partial charge is 0.252 e. The minimum atomic E-state index is -0.162. The maximum Gasteiger partial charge on any atom is 0.252 e. The molecule has 2 aromatic carbocycles. The van der Waals surface area contributed by atoms with Gasteiger partial charge in [-0.3, -0.25) is 4.79 Å². The van der Waals surface area contributed by atoms with E-state index in [1.54, 1.807) is 36.6 Å². The molecule has 0 aliphatic rings. The predicted molar refractivity (Wildman–Crippen MR) is 91.5 cm³/mol. The molecule has 0 spiro atoms. The van der Waals surface area contributed by atoms with Crippen molar-refractivity contribution in [1.82, 2.24) is 10.3 Å². The van der Waals surface area contributed by atoms with Gasteiger partial charge in [0.05, 0.1) is 29.4 Å². The number of hydrogen-bond acceptors (Lipinski definition) is 4. The number of halogens is 1. The summed E-state index contributed by atoms with van der Waals surface area (Å²) < 4.78 is 7.00. The van der Waals surface area contributed by atoms with Gasteiger partial charge >= 0.3 is 0 Å². The lowest BCUT2D eigenvalue weighted by molar-refractivity contribution is 0.0949. The monoisotopic (exact) mass is 376 g/mol. The van der Waals surface area contributed by atoms with Crippen molar-refractivity contribution in [3.8, 4) is 5.75 Å². The third-order valence-electron chi connectivity index (χ3n) is 3.16. The summed E-state index contributed by atoms with van der Waals surface area (Å²) in [5.41, 5.74) is 1.50. The van der Waals surface area contributed by atoms with Gasteiger partial charge in [-0.2, -0.15) is 0 Å². The largest absolute Gasteiger partial charge is 0.497 e. The van der Waals surface area contributed by atoms with Crippen LogP contribution in [0.15, 0.2) is 46.9 Å². The molecule has 0 aliphatic heterocycles. The molecule has 1 amide bonds. The third kappa shape index (κ3) is 3.13. The molecule has 0 atom stereocenters. The average Bonchev–Trinajstić information content (AvgIpc) is 2.96. The molecule has 6 heteroatoms. The second kappa shape index (κ2) is 6.46. The molecule has 3 aromatic rings. The number of fused-ring (bicyclic) bond motifs is 1. The second-order valence-corrected chi connectivity index (χ2v) is 6.57. The molecular weight excluding hydrogens is 364 g/mol. The Bertz CT molecular complexity index is 799. The van der Waals surface area contributed by atoms with Crippen LogP contribution in [0.1, 0.15) is 15.4 Å². The number of nitrogens with zero attached hydrogens (tertiary/aromatic N) is 1. The number of para-hydroxylation sites is 1. The van der Waals surface area contributed by atoms with Crippen LogP contribution in [0.4, 0.5) is 0 Å². The minimum absolute atomic E-state index is 0.162. The van der Waals surface area contributed by atoms with Crippen molar-refractivity contribution in [3.05, 3.63) is 57.5 Å². The molecule has 3 rings (SSSR count). The van der Waals surface area contributed by atoms with Crippen LogP contribution >= 0.6 is 27.3 Å². The number of thiazole rings is 1. The minimum Gasteiger partial charge on any atom is -0.497 e. The van der Waals surface area contributed by atoms with Crippen molar-refractivity contribution >= 4 is 43.4 Å². The number of nitrogens with one attached hydrogen (secondary N) is 1. The Hall–Kier alpha value is -1.92. The molecular formula is C16H13BrN2O2S. The van der Waals surface area contributed by atoms with Crippen molar-refractivity contribution in [2.24, 2.45) is 0 Å². The van der Waals surface area contributed by atoms with Gasteiger partial charge < -0.3 is 10.1 Å². The highest BCUT2D eigenvalue weighted by Crippen LogP contribution is 2.23. The first-order valence-corrected chi connectivity index (χ1v) is 8.24. The van der Waals surface area contributed by atoms with E-state index in [1.165, 1.54) is 0 Å². The summed E-state index contributed by atoms with van der Waals surface area (Å²) in [6, 6.07) is 13.2. The number of amides is 1. The quantitative estimate of drug-likeness (QED) is 0.748. The Kier molecular flexibility index (Phi) is 4.40. The number of carbonyl (C=O) groups is 1. The Morgan fingerprint density at radius 1 is 1.32 bits per heavy atom. The topological polar surface area (TPSA) is 51.2 Å². The van der Waals surface area contributed by atoms with E-state index in [1.807, 2.05) is 24.3 Å². The van der Waals surface area contributed by atoms with E-state index >= 15 is 0 Å². The second-order valence-electron chi connectivity index (χ2n) is 4.60. The number of carbonyl (C=O) groups excluding carboxylic acids is 1. The lowest BCUT2D eigenvalue weighted by atomic mass is 10.2. The summed E-state index contributed by atoms with van der Waals surface area (Å²) in [5.74, 6) is 0.485. The molecule has 1 heterocycles. The molecule has 22 heavy (non-hydrogen) atoms. The highest BCUT2D eigenvalue weighted by molar-refractivity contribution is 9.10. The zero-order chi connectivity index (χ0) is 15.5. The van der Waals surface area contributed by atoms with Gasteiger partial charge in [-0.1, -0.05) is 12.1 Å². The van der Waals surface area contributed by atoms with Crippen molar-refractivity contribution in [3.63, 3.8) is 0 Å². The van der Waals surface area contributed by atoms with E-state index in [0.29, 0.717) is 17.9 Å². The van der Waals surface area contributed by atoms with E-state index in [0.717, 1.165) is 19.7 Å². The van der Waals surface area contributed by atoms with Crippen LogP contribution in [-0.2, 0) is 6.54 Å². The zero-order valence-corrected chi connectivity index (χ0v) is 14.2. The Morgan fingerprint density at radius 2 is 2.14 bits per heavy atom. The first-order chi connectivity index (χ1) is 10.7. The number of ether oxygens (including phenoxy) is 1. The number of aromatic nitrogens is 1. The van der Waals surface area contributed by atoms with Crippen LogP contribution in [-0.4, -0.2) is 18.0 Å². The highest BCUT2D eigenvalue weighted by Gasteiger charge is 2.12. The number of benzene rings is 2. The summed E-state index contributed by atoms with van der Waals surface area (Å²) in [4.78, 5) is 16.8. The molecule has 0 saturated carbocycles. The van der Waals surface area contributed by atoms with Crippen molar-refractivity contribution in [2.45, 2.75) is 6.54 Å². The maximum absolute atomic E-state index is 12.3. The molecule has 1 aromatic heterocycles. The fourth-order valence-corrected chi connectivity index (χ4v) is 3.39. The molecule has 0 aliphatic carbocycles. The van der Waals surface area contributed by atoms with Gasteiger partial charge in [0.25, 0.3) is 5.91 Å². The van der Waals surface area contributed by atoms with Crippen LogP contribution < -0.4 is 10.1 Å². The summed E-state index contributed by atoms with van der Waals surface area (Å²) in [6.07, 6.45) is 0. The predicted octanol–water partition coefficient (Wildman–Crippen LogP) is 4.00. The molecule has 112 valence electrons. The molecule has 0 saturated heterocycles. The first kappa shape index (κ1) is 15.0. The lowest BCUT2D eigenvalue weighted by Crippen LogP contribution is -2.23.